The number of carbonyl (C=O) groups excluding carboxylic acids is 2. The maximum Gasteiger partial charge on any atom is 0.416 e. The number of hydrogen-bond donors (Lipinski definition) is 2. The van der Waals surface area contributed by atoms with Gasteiger partial charge in [-0.2, -0.15) is 13.2 Å². The van der Waals surface area contributed by atoms with Crippen molar-refractivity contribution in [3.63, 3.8) is 0 Å². The number of benzene rings is 2. The summed E-state index contributed by atoms with van der Waals surface area (Å²) in [5.74, 6) is -0.659. The highest BCUT2D eigenvalue weighted by Gasteiger charge is 2.31. The second kappa shape index (κ2) is 11.8. The summed E-state index contributed by atoms with van der Waals surface area (Å²) in [4.78, 5) is 25.0. The lowest BCUT2D eigenvalue weighted by molar-refractivity contribution is -0.137. The predicted molar refractivity (Wildman–Crippen MR) is 133 cm³/mol. The summed E-state index contributed by atoms with van der Waals surface area (Å²) >= 11 is 12.8. The van der Waals surface area contributed by atoms with E-state index >= 15 is 0 Å². The van der Waals surface area contributed by atoms with Gasteiger partial charge in [0.25, 0.3) is 5.91 Å². The normalized spacial score (nSPS) is 12.2. The molecular weight excluding hydrogens is 538 g/mol. The summed E-state index contributed by atoms with van der Waals surface area (Å²) in [5.41, 5.74) is -0.663. The maximum atomic E-state index is 13.0. The molecule has 36 heavy (non-hydrogen) atoms. The van der Waals surface area contributed by atoms with Crippen LogP contribution < -0.4 is 10.6 Å². The van der Waals surface area contributed by atoms with Crippen LogP contribution in [0.2, 0.25) is 10.0 Å². The highest BCUT2D eigenvalue weighted by molar-refractivity contribution is 7.99. The van der Waals surface area contributed by atoms with Gasteiger partial charge >= 0.3 is 6.18 Å². The third kappa shape index (κ3) is 7.02. The van der Waals surface area contributed by atoms with Gasteiger partial charge in [0.05, 0.1) is 28.1 Å². The van der Waals surface area contributed by atoms with Crippen LogP contribution in [0.25, 0.3) is 0 Å². The van der Waals surface area contributed by atoms with Gasteiger partial charge in [0.15, 0.2) is 11.0 Å². The monoisotopic (exact) mass is 557 g/mol. The van der Waals surface area contributed by atoms with Crippen LogP contribution >= 0.6 is 35.0 Å². The van der Waals surface area contributed by atoms with Crippen LogP contribution in [-0.2, 0) is 17.5 Å². The van der Waals surface area contributed by atoms with Crippen molar-refractivity contribution in [3.8, 4) is 0 Å². The average molecular weight is 558 g/mol. The van der Waals surface area contributed by atoms with Crippen molar-refractivity contribution < 1.29 is 22.8 Å². The summed E-state index contributed by atoms with van der Waals surface area (Å²) in [6, 6.07) is 8.53. The molecule has 0 saturated heterocycles. The third-order valence-electron chi connectivity index (χ3n) is 4.80. The van der Waals surface area contributed by atoms with Gasteiger partial charge < -0.3 is 15.2 Å². The Bertz CT molecular complexity index is 1270. The number of thioether (sulfide) groups is 1. The lowest BCUT2D eigenvalue weighted by Gasteiger charge is -2.15. The molecule has 13 heteroatoms. The van der Waals surface area contributed by atoms with Crippen LogP contribution in [0.15, 0.2) is 60.3 Å². The molecule has 1 heterocycles. The maximum absolute atomic E-state index is 13.0. The second-order valence-electron chi connectivity index (χ2n) is 7.47. The Kier molecular flexibility index (Phi) is 9.04. The minimum absolute atomic E-state index is 0.0243. The molecular formula is C23H20Cl2F3N5O2S. The number of alkyl halides is 3. The Labute approximate surface area is 219 Å². The molecule has 0 aliphatic rings. The highest BCUT2D eigenvalue weighted by Crippen LogP contribution is 2.34. The van der Waals surface area contributed by atoms with Crippen molar-refractivity contribution in [1.82, 2.24) is 20.1 Å². The molecule has 2 aromatic carbocycles. The smallest absolute Gasteiger partial charge is 0.342 e. The molecule has 0 fully saturated rings. The quantitative estimate of drug-likeness (QED) is 0.248. The second-order valence-corrected chi connectivity index (χ2v) is 9.26. The molecule has 0 spiro atoms. The van der Waals surface area contributed by atoms with E-state index in [0.717, 1.165) is 30.0 Å². The number of amides is 2. The van der Waals surface area contributed by atoms with Crippen LogP contribution in [-0.4, -0.2) is 32.3 Å². The predicted octanol–water partition coefficient (Wildman–Crippen LogP) is 6.01. The van der Waals surface area contributed by atoms with Gasteiger partial charge in [-0.1, -0.05) is 41.0 Å². The van der Waals surface area contributed by atoms with E-state index in [9.17, 15) is 22.8 Å². The summed E-state index contributed by atoms with van der Waals surface area (Å²) in [6.07, 6.45) is -2.97. The highest BCUT2D eigenvalue weighted by atomic mass is 35.5. The summed E-state index contributed by atoms with van der Waals surface area (Å²) in [5, 5.41) is 14.3. The number of anilines is 1. The fourth-order valence-electron chi connectivity index (χ4n) is 3.09. The summed E-state index contributed by atoms with van der Waals surface area (Å²) < 4.78 is 40.6. The van der Waals surface area contributed by atoms with Crippen LogP contribution in [0.5, 0.6) is 0 Å². The fraction of sp³-hybridized carbons (Fsp3) is 0.217. The van der Waals surface area contributed by atoms with E-state index in [4.69, 9.17) is 23.2 Å². The van der Waals surface area contributed by atoms with Crippen molar-refractivity contribution in [1.29, 1.82) is 0 Å². The molecule has 3 aromatic rings. The molecule has 2 N–H and O–H groups in total. The number of allylic oxidation sites excluding steroid dienone is 1. The van der Waals surface area contributed by atoms with Crippen molar-refractivity contribution in [3.05, 3.63) is 82.1 Å². The van der Waals surface area contributed by atoms with Crippen molar-refractivity contribution in [2.24, 2.45) is 0 Å². The first-order valence-corrected chi connectivity index (χ1v) is 12.1. The Hall–Kier alpha value is -3.02. The number of halogens is 5. The molecule has 0 bridgehead atoms. The lowest BCUT2D eigenvalue weighted by atomic mass is 10.2. The Balaban J connectivity index is 1.68. The topological polar surface area (TPSA) is 88.9 Å². The molecule has 2 amide bonds. The molecule has 0 aliphatic heterocycles. The average Bonchev–Trinajstić information content (AvgIpc) is 3.21. The van der Waals surface area contributed by atoms with Crippen LogP contribution in [0.3, 0.4) is 0 Å². The standard InChI is InChI=1S/C23H20Cl2F3N5O2S/c1-3-10-33-20(13(2)29-21(35)14-4-7-16(24)8-5-14)31-32-22(33)36-12-19(34)30-18-11-15(23(26,27)28)6-9-17(18)25/h3-9,11,13H,1,10,12H2,2H3,(H,29,35)(H,30,34)/t13-/m1/s1. The van der Waals surface area contributed by atoms with Gasteiger partial charge in [0, 0.05) is 17.1 Å². The van der Waals surface area contributed by atoms with E-state index in [1.165, 1.54) is 0 Å². The summed E-state index contributed by atoms with van der Waals surface area (Å²) in [7, 11) is 0. The zero-order chi connectivity index (χ0) is 26.5. The van der Waals surface area contributed by atoms with E-state index in [0.29, 0.717) is 28.1 Å². The summed E-state index contributed by atoms with van der Waals surface area (Å²) in [6.45, 7) is 5.74. The van der Waals surface area contributed by atoms with E-state index < -0.39 is 23.7 Å². The molecule has 7 nitrogen and oxygen atoms in total. The molecule has 3 rings (SSSR count). The van der Waals surface area contributed by atoms with Gasteiger partial charge in [0.1, 0.15) is 0 Å². The van der Waals surface area contributed by atoms with Crippen molar-refractivity contribution in [2.45, 2.75) is 30.8 Å². The van der Waals surface area contributed by atoms with E-state index in [1.807, 2.05) is 0 Å². The molecule has 1 atom stereocenters. The molecule has 0 unspecified atom stereocenters. The van der Waals surface area contributed by atoms with Gasteiger partial charge in [-0.3, -0.25) is 9.59 Å². The number of aromatic nitrogens is 3. The first-order valence-electron chi connectivity index (χ1n) is 10.4. The zero-order valence-electron chi connectivity index (χ0n) is 18.8. The molecule has 0 radical (unpaired) electrons. The van der Waals surface area contributed by atoms with Crippen molar-refractivity contribution >= 4 is 52.5 Å². The lowest BCUT2D eigenvalue weighted by Crippen LogP contribution is -2.28. The van der Waals surface area contributed by atoms with E-state index in [-0.39, 0.29) is 22.4 Å². The number of rotatable bonds is 9. The first-order chi connectivity index (χ1) is 17.0. The van der Waals surface area contributed by atoms with Gasteiger partial charge in [0.2, 0.25) is 5.91 Å². The molecule has 0 aliphatic carbocycles. The van der Waals surface area contributed by atoms with Crippen LogP contribution in [0.4, 0.5) is 18.9 Å². The minimum Gasteiger partial charge on any atom is -0.342 e. The van der Waals surface area contributed by atoms with Gasteiger partial charge in [-0.05, 0) is 49.4 Å². The Morgan fingerprint density at radius 2 is 1.86 bits per heavy atom. The SMILES string of the molecule is C=CCn1c(SCC(=O)Nc2cc(C(F)(F)F)ccc2Cl)nnc1[C@@H](C)NC(=O)c1ccc(Cl)cc1. The number of hydrogen-bond acceptors (Lipinski definition) is 5. The number of nitrogens with one attached hydrogen (secondary N) is 2. The first kappa shape index (κ1) is 27.6. The van der Waals surface area contributed by atoms with E-state index in [2.05, 4.69) is 27.4 Å². The molecule has 1 aromatic heterocycles. The zero-order valence-corrected chi connectivity index (χ0v) is 21.1. The fourth-order valence-corrected chi connectivity index (χ4v) is 4.13. The largest absolute Gasteiger partial charge is 0.416 e. The Morgan fingerprint density at radius 3 is 2.50 bits per heavy atom. The van der Waals surface area contributed by atoms with Crippen LogP contribution in [0, 0.1) is 0 Å². The number of carbonyl (C=O) groups is 2. The van der Waals surface area contributed by atoms with Crippen LogP contribution in [0.1, 0.15) is 34.7 Å². The molecule has 190 valence electrons. The third-order valence-corrected chi connectivity index (χ3v) is 6.35. The molecule has 0 saturated carbocycles. The van der Waals surface area contributed by atoms with Crippen molar-refractivity contribution in [2.75, 3.05) is 11.1 Å². The van der Waals surface area contributed by atoms with Gasteiger partial charge in [-0.15, -0.1) is 16.8 Å². The van der Waals surface area contributed by atoms with E-state index in [1.54, 1.807) is 41.8 Å². The Morgan fingerprint density at radius 1 is 1.17 bits per heavy atom. The van der Waals surface area contributed by atoms with Gasteiger partial charge in [-0.25, -0.2) is 0 Å². The number of nitrogens with zero attached hydrogens (tertiary/aromatic N) is 3. The minimum atomic E-state index is -4.57.